The molecule has 0 aliphatic carbocycles. The highest BCUT2D eigenvalue weighted by Gasteiger charge is 2.52. The van der Waals surface area contributed by atoms with E-state index in [2.05, 4.69) is 20.2 Å². The third kappa shape index (κ3) is 5.06. The van der Waals surface area contributed by atoms with E-state index in [1.807, 2.05) is 31.2 Å². The van der Waals surface area contributed by atoms with Crippen molar-refractivity contribution in [2.75, 3.05) is 13.1 Å². The standard InChI is InChI=1S/C27H28FN5O3/c1-27(24(34)33(26(35)31-27)18-20-3-7-22(28)8-4-20)21-11-15-32(16-12-21)17-19-5-9-23(10-6-19)36-25-29-13-2-14-30-25/h2-10,13-14,21H,11-12,15-18H2,1H3,(H,31,35). The number of rotatable bonds is 7. The lowest BCUT2D eigenvalue weighted by Crippen LogP contribution is -2.53. The summed E-state index contributed by atoms with van der Waals surface area (Å²) in [7, 11) is 0. The summed E-state index contributed by atoms with van der Waals surface area (Å²) in [6, 6.07) is 15.4. The number of hydrogen-bond acceptors (Lipinski definition) is 6. The second-order valence-electron chi connectivity index (χ2n) is 9.48. The number of urea groups is 1. The highest BCUT2D eigenvalue weighted by Crippen LogP contribution is 2.34. The Morgan fingerprint density at radius 1 is 0.972 bits per heavy atom. The van der Waals surface area contributed by atoms with E-state index in [1.54, 1.807) is 30.6 Å². The number of ether oxygens (including phenoxy) is 1. The van der Waals surface area contributed by atoms with Crippen molar-refractivity contribution in [3.05, 3.63) is 83.9 Å². The third-order valence-electron chi connectivity index (χ3n) is 7.04. The third-order valence-corrected chi connectivity index (χ3v) is 7.04. The molecule has 1 atom stereocenters. The highest BCUT2D eigenvalue weighted by atomic mass is 19.1. The van der Waals surface area contributed by atoms with Gasteiger partial charge in [0.05, 0.1) is 6.54 Å². The normalized spacial score (nSPS) is 21.0. The predicted molar refractivity (Wildman–Crippen MR) is 130 cm³/mol. The monoisotopic (exact) mass is 489 g/mol. The van der Waals surface area contributed by atoms with Crippen molar-refractivity contribution in [1.82, 2.24) is 25.1 Å². The van der Waals surface area contributed by atoms with E-state index >= 15 is 0 Å². The molecule has 36 heavy (non-hydrogen) atoms. The minimum atomic E-state index is -0.929. The van der Waals surface area contributed by atoms with Crippen LogP contribution in [0.3, 0.4) is 0 Å². The molecule has 3 aromatic rings. The number of hydrogen-bond donors (Lipinski definition) is 1. The summed E-state index contributed by atoms with van der Waals surface area (Å²) in [6.07, 6.45) is 4.88. The van der Waals surface area contributed by atoms with Gasteiger partial charge < -0.3 is 10.1 Å². The predicted octanol–water partition coefficient (Wildman–Crippen LogP) is 4.13. The van der Waals surface area contributed by atoms with Crippen molar-refractivity contribution in [2.24, 2.45) is 5.92 Å². The molecule has 5 rings (SSSR count). The van der Waals surface area contributed by atoms with Crippen LogP contribution < -0.4 is 10.1 Å². The fraction of sp³-hybridized carbons (Fsp3) is 0.333. The summed E-state index contributed by atoms with van der Waals surface area (Å²) in [4.78, 5) is 37.7. The number of halogens is 1. The summed E-state index contributed by atoms with van der Waals surface area (Å²) >= 11 is 0. The lowest BCUT2D eigenvalue weighted by molar-refractivity contribution is -0.133. The van der Waals surface area contributed by atoms with Crippen LogP contribution in [-0.4, -0.2) is 50.3 Å². The molecule has 0 spiro atoms. The van der Waals surface area contributed by atoms with Gasteiger partial charge in [0.15, 0.2) is 0 Å². The SMILES string of the molecule is CC1(C2CCN(Cc3ccc(Oc4ncccn4)cc3)CC2)NC(=O)N(Cc2ccc(F)cc2)C1=O. The minimum absolute atomic E-state index is 0.0464. The summed E-state index contributed by atoms with van der Waals surface area (Å²) in [5.74, 6) is 0.161. The van der Waals surface area contributed by atoms with Gasteiger partial charge in [-0.15, -0.1) is 0 Å². The summed E-state index contributed by atoms with van der Waals surface area (Å²) in [5.41, 5.74) is 0.949. The van der Waals surface area contributed by atoms with Crippen molar-refractivity contribution >= 4 is 11.9 Å². The summed E-state index contributed by atoms with van der Waals surface area (Å²) < 4.78 is 18.9. The first-order chi connectivity index (χ1) is 17.4. The fourth-order valence-corrected chi connectivity index (χ4v) is 4.94. The van der Waals surface area contributed by atoms with E-state index in [1.165, 1.54) is 17.0 Å². The molecular weight excluding hydrogens is 461 g/mol. The van der Waals surface area contributed by atoms with Gasteiger partial charge >= 0.3 is 12.0 Å². The van der Waals surface area contributed by atoms with Crippen molar-refractivity contribution in [1.29, 1.82) is 0 Å². The van der Waals surface area contributed by atoms with E-state index in [0.29, 0.717) is 17.3 Å². The molecule has 2 aliphatic rings. The van der Waals surface area contributed by atoms with Crippen LogP contribution in [0.15, 0.2) is 67.0 Å². The number of amides is 3. The number of piperidine rings is 1. The second kappa shape index (κ2) is 10.0. The van der Waals surface area contributed by atoms with Crippen LogP contribution in [0.5, 0.6) is 11.8 Å². The number of imide groups is 1. The van der Waals surface area contributed by atoms with Crippen LogP contribution in [0, 0.1) is 11.7 Å². The maximum absolute atomic E-state index is 13.3. The summed E-state index contributed by atoms with van der Waals surface area (Å²) in [5, 5.41) is 2.94. The van der Waals surface area contributed by atoms with Gasteiger partial charge in [0, 0.05) is 18.9 Å². The minimum Gasteiger partial charge on any atom is -0.424 e. The number of carbonyl (C=O) groups excluding carboxylic acids is 2. The van der Waals surface area contributed by atoms with Crippen molar-refractivity contribution in [2.45, 2.75) is 38.4 Å². The molecule has 1 aromatic heterocycles. The highest BCUT2D eigenvalue weighted by molar-refractivity contribution is 6.06. The Hall–Kier alpha value is -3.85. The first-order valence-electron chi connectivity index (χ1n) is 12.1. The first-order valence-corrected chi connectivity index (χ1v) is 12.1. The number of nitrogens with one attached hydrogen (secondary N) is 1. The molecule has 3 amide bonds. The zero-order valence-corrected chi connectivity index (χ0v) is 20.1. The van der Waals surface area contributed by atoms with Gasteiger partial charge in [0.2, 0.25) is 0 Å². The van der Waals surface area contributed by atoms with E-state index in [-0.39, 0.29) is 24.2 Å². The molecule has 186 valence electrons. The average molecular weight is 490 g/mol. The molecule has 2 aliphatic heterocycles. The van der Waals surface area contributed by atoms with Crippen LogP contribution in [0.25, 0.3) is 0 Å². The average Bonchev–Trinajstić information content (AvgIpc) is 3.11. The number of carbonyl (C=O) groups is 2. The number of nitrogens with zero attached hydrogens (tertiary/aromatic N) is 4. The van der Waals surface area contributed by atoms with E-state index in [4.69, 9.17) is 4.74 Å². The smallest absolute Gasteiger partial charge is 0.325 e. The van der Waals surface area contributed by atoms with E-state index in [9.17, 15) is 14.0 Å². The van der Waals surface area contributed by atoms with Gasteiger partial charge in [-0.3, -0.25) is 14.6 Å². The number of benzene rings is 2. The molecule has 8 nitrogen and oxygen atoms in total. The maximum Gasteiger partial charge on any atom is 0.325 e. The van der Waals surface area contributed by atoms with Gasteiger partial charge in [-0.25, -0.2) is 19.2 Å². The van der Waals surface area contributed by atoms with Gasteiger partial charge in [0.25, 0.3) is 5.91 Å². The largest absolute Gasteiger partial charge is 0.424 e. The van der Waals surface area contributed by atoms with Crippen molar-refractivity contribution < 1.29 is 18.7 Å². The van der Waals surface area contributed by atoms with Crippen molar-refractivity contribution in [3.63, 3.8) is 0 Å². The van der Waals surface area contributed by atoms with Crippen LogP contribution >= 0.6 is 0 Å². The Kier molecular flexibility index (Phi) is 6.65. The number of likely N-dealkylation sites (tertiary alicyclic amines) is 1. The first kappa shape index (κ1) is 23.9. The quantitative estimate of drug-likeness (QED) is 0.502. The Labute approximate surface area is 209 Å². The van der Waals surface area contributed by atoms with Gasteiger partial charge in [0.1, 0.15) is 17.1 Å². The lowest BCUT2D eigenvalue weighted by Gasteiger charge is -2.39. The zero-order chi connectivity index (χ0) is 25.1. The molecule has 3 heterocycles. The molecule has 9 heteroatoms. The molecule has 1 unspecified atom stereocenters. The molecule has 2 fully saturated rings. The van der Waals surface area contributed by atoms with Gasteiger partial charge in [-0.1, -0.05) is 24.3 Å². The Balaban J connectivity index is 1.15. The van der Waals surface area contributed by atoms with Crippen LogP contribution in [0.1, 0.15) is 30.9 Å². The molecule has 2 saturated heterocycles. The van der Waals surface area contributed by atoms with Crippen LogP contribution in [0.4, 0.5) is 9.18 Å². The molecule has 2 aromatic carbocycles. The zero-order valence-electron chi connectivity index (χ0n) is 20.1. The maximum atomic E-state index is 13.3. The Morgan fingerprint density at radius 3 is 2.25 bits per heavy atom. The molecule has 1 N–H and O–H groups in total. The van der Waals surface area contributed by atoms with Crippen LogP contribution in [-0.2, 0) is 17.9 Å². The molecule has 0 bridgehead atoms. The van der Waals surface area contributed by atoms with E-state index in [0.717, 1.165) is 38.0 Å². The lowest BCUT2D eigenvalue weighted by atomic mass is 9.79. The Morgan fingerprint density at radius 2 is 1.58 bits per heavy atom. The number of aromatic nitrogens is 2. The van der Waals surface area contributed by atoms with Crippen molar-refractivity contribution in [3.8, 4) is 11.8 Å². The molecular formula is C27H28FN5O3. The molecule has 0 saturated carbocycles. The second-order valence-corrected chi connectivity index (χ2v) is 9.48. The van der Waals surface area contributed by atoms with Crippen LogP contribution in [0.2, 0.25) is 0 Å². The molecule has 0 radical (unpaired) electrons. The Bertz CT molecular complexity index is 1210. The van der Waals surface area contributed by atoms with Gasteiger partial charge in [-0.05, 0) is 80.2 Å². The fourth-order valence-electron chi connectivity index (χ4n) is 4.94. The van der Waals surface area contributed by atoms with Gasteiger partial charge in [-0.2, -0.15) is 0 Å². The topological polar surface area (TPSA) is 87.7 Å². The summed E-state index contributed by atoms with van der Waals surface area (Å²) in [6.45, 7) is 4.42. The van der Waals surface area contributed by atoms with E-state index < -0.39 is 11.6 Å².